The van der Waals surface area contributed by atoms with Crippen LogP contribution in [0.25, 0.3) is 77.2 Å². The van der Waals surface area contributed by atoms with Crippen LogP contribution in [0.4, 0.5) is 17.1 Å². The molecule has 0 aliphatic rings. The monoisotopic (exact) mass is 689 g/mol. The summed E-state index contributed by atoms with van der Waals surface area (Å²) in [6.45, 7) is 0. The molecule has 2 heteroatoms. The van der Waals surface area contributed by atoms with E-state index in [4.69, 9.17) is 4.42 Å². The van der Waals surface area contributed by atoms with Crippen molar-refractivity contribution in [3.05, 3.63) is 212 Å². The predicted octanol–water partition coefficient (Wildman–Crippen LogP) is 14.9. The van der Waals surface area contributed by atoms with Crippen LogP contribution in [-0.4, -0.2) is 0 Å². The fourth-order valence-corrected chi connectivity index (χ4v) is 8.00. The molecule has 0 amide bonds. The second-order valence-electron chi connectivity index (χ2n) is 13.6. The summed E-state index contributed by atoms with van der Waals surface area (Å²) in [7, 11) is 0. The van der Waals surface area contributed by atoms with Crippen LogP contribution in [0.3, 0.4) is 0 Å². The highest BCUT2D eigenvalue weighted by Crippen LogP contribution is 2.50. The number of hydrogen-bond acceptors (Lipinski definition) is 2. The third kappa shape index (κ3) is 5.44. The summed E-state index contributed by atoms with van der Waals surface area (Å²) in [6.07, 6.45) is 0. The SMILES string of the molecule is c1ccc(-c2cccc(-c3ccccc3N(c3ccccc3-c3cccc4ccccc34)c3ccc(-c4ccccc4)c4oc5ccccc5c34)c2)cc1. The quantitative estimate of drug-likeness (QED) is 0.166. The van der Waals surface area contributed by atoms with Crippen LogP contribution in [0.1, 0.15) is 0 Å². The topological polar surface area (TPSA) is 16.4 Å². The van der Waals surface area contributed by atoms with Crippen LogP contribution in [0.2, 0.25) is 0 Å². The molecule has 0 N–H and O–H groups in total. The van der Waals surface area contributed by atoms with Gasteiger partial charge in [-0.2, -0.15) is 0 Å². The fraction of sp³-hybridized carbons (Fsp3) is 0. The lowest BCUT2D eigenvalue weighted by molar-refractivity contribution is 0.670. The maximum absolute atomic E-state index is 6.83. The van der Waals surface area contributed by atoms with Gasteiger partial charge in [-0.3, -0.25) is 0 Å². The molecule has 10 aromatic rings. The molecule has 254 valence electrons. The van der Waals surface area contributed by atoms with Gasteiger partial charge in [-0.25, -0.2) is 0 Å². The Balaban J connectivity index is 1.29. The summed E-state index contributed by atoms with van der Waals surface area (Å²) < 4.78 is 6.83. The van der Waals surface area contributed by atoms with Gasteiger partial charge in [-0.1, -0.05) is 176 Å². The van der Waals surface area contributed by atoms with E-state index < -0.39 is 0 Å². The number of para-hydroxylation sites is 3. The van der Waals surface area contributed by atoms with Crippen LogP contribution in [0.15, 0.2) is 217 Å². The first kappa shape index (κ1) is 31.6. The third-order valence-corrected chi connectivity index (χ3v) is 10.5. The van der Waals surface area contributed by atoms with E-state index in [2.05, 4.69) is 217 Å². The van der Waals surface area contributed by atoms with Crippen molar-refractivity contribution in [1.82, 2.24) is 0 Å². The van der Waals surface area contributed by atoms with Crippen molar-refractivity contribution >= 4 is 49.8 Å². The van der Waals surface area contributed by atoms with Gasteiger partial charge in [0.15, 0.2) is 0 Å². The zero-order valence-electron chi connectivity index (χ0n) is 29.6. The van der Waals surface area contributed by atoms with E-state index in [-0.39, 0.29) is 0 Å². The van der Waals surface area contributed by atoms with Gasteiger partial charge in [0, 0.05) is 22.1 Å². The summed E-state index contributed by atoms with van der Waals surface area (Å²) in [5, 5.41) is 4.59. The molecule has 0 radical (unpaired) electrons. The van der Waals surface area contributed by atoms with E-state index in [1.807, 2.05) is 0 Å². The van der Waals surface area contributed by atoms with Gasteiger partial charge in [0.2, 0.25) is 0 Å². The molecule has 0 aliphatic heterocycles. The Bertz CT molecular complexity index is 2940. The average Bonchev–Trinajstić information content (AvgIpc) is 3.65. The summed E-state index contributed by atoms with van der Waals surface area (Å²) >= 11 is 0. The van der Waals surface area contributed by atoms with Gasteiger partial charge in [-0.15, -0.1) is 0 Å². The lowest BCUT2D eigenvalue weighted by atomic mass is 9.94. The van der Waals surface area contributed by atoms with Crippen molar-refractivity contribution in [1.29, 1.82) is 0 Å². The molecule has 9 aromatic carbocycles. The zero-order valence-corrected chi connectivity index (χ0v) is 29.6. The van der Waals surface area contributed by atoms with E-state index in [0.29, 0.717) is 0 Å². The highest BCUT2D eigenvalue weighted by atomic mass is 16.3. The van der Waals surface area contributed by atoms with Gasteiger partial charge in [0.25, 0.3) is 0 Å². The highest BCUT2D eigenvalue weighted by molar-refractivity contribution is 6.18. The molecule has 1 aromatic heterocycles. The molecule has 0 unspecified atom stereocenters. The second kappa shape index (κ2) is 13.4. The minimum atomic E-state index is 0.864. The number of fused-ring (bicyclic) bond motifs is 4. The smallest absolute Gasteiger partial charge is 0.145 e. The number of rotatable bonds is 7. The Labute approximate surface area is 314 Å². The van der Waals surface area contributed by atoms with E-state index in [0.717, 1.165) is 66.8 Å². The predicted molar refractivity (Wildman–Crippen MR) is 228 cm³/mol. The molecule has 0 saturated carbocycles. The Kier molecular flexibility index (Phi) is 7.85. The first-order valence-corrected chi connectivity index (χ1v) is 18.4. The fourth-order valence-electron chi connectivity index (χ4n) is 8.00. The van der Waals surface area contributed by atoms with Crippen LogP contribution in [0.5, 0.6) is 0 Å². The summed E-state index contributed by atoms with van der Waals surface area (Å²) in [5.74, 6) is 0. The van der Waals surface area contributed by atoms with Crippen LogP contribution in [-0.2, 0) is 0 Å². The normalized spacial score (nSPS) is 11.3. The first-order valence-electron chi connectivity index (χ1n) is 18.4. The molecular formula is C52H35NO. The number of anilines is 3. The zero-order chi connectivity index (χ0) is 35.8. The molecule has 0 bridgehead atoms. The second-order valence-corrected chi connectivity index (χ2v) is 13.6. The lowest BCUT2D eigenvalue weighted by Crippen LogP contribution is -2.13. The summed E-state index contributed by atoms with van der Waals surface area (Å²) in [5.41, 5.74) is 14.1. The Morgan fingerprint density at radius 1 is 0.315 bits per heavy atom. The molecule has 54 heavy (non-hydrogen) atoms. The largest absolute Gasteiger partial charge is 0.455 e. The standard InChI is InChI=1S/C52H35NO/c1-3-17-36(18-4-1)39-23-15-24-40(35-39)42-26-9-12-30-47(42)53(48-31-13-10-27-45(48)44-29-16-22-37-21-7-8-25-41(37)44)49-34-33-43(38-19-5-2-6-20-38)52-51(49)46-28-11-14-32-50(46)54-52/h1-35H. The minimum Gasteiger partial charge on any atom is -0.455 e. The summed E-state index contributed by atoms with van der Waals surface area (Å²) in [4.78, 5) is 2.46. The number of furan rings is 1. The Morgan fingerprint density at radius 2 is 0.870 bits per heavy atom. The van der Waals surface area contributed by atoms with Crippen molar-refractivity contribution in [2.45, 2.75) is 0 Å². The van der Waals surface area contributed by atoms with E-state index in [9.17, 15) is 0 Å². The first-order chi connectivity index (χ1) is 26.8. The third-order valence-electron chi connectivity index (χ3n) is 10.5. The van der Waals surface area contributed by atoms with Crippen LogP contribution < -0.4 is 4.90 Å². The Hall–Kier alpha value is -7.16. The lowest BCUT2D eigenvalue weighted by Gasteiger charge is -2.31. The van der Waals surface area contributed by atoms with E-state index in [1.165, 1.54) is 27.5 Å². The van der Waals surface area contributed by atoms with Crippen LogP contribution in [0, 0.1) is 0 Å². The van der Waals surface area contributed by atoms with Gasteiger partial charge in [0.05, 0.1) is 22.4 Å². The van der Waals surface area contributed by atoms with E-state index >= 15 is 0 Å². The summed E-state index contributed by atoms with van der Waals surface area (Å²) in [6, 6.07) is 75.8. The molecule has 10 rings (SSSR count). The van der Waals surface area contributed by atoms with Gasteiger partial charge in [0.1, 0.15) is 11.2 Å². The minimum absolute atomic E-state index is 0.864. The average molecular weight is 690 g/mol. The molecule has 2 nitrogen and oxygen atoms in total. The maximum atomic E-state index is 6.83. The maximum Gasteiger partial charge on any atom is 0.145 e. The van der Waals surface area contributed by atoms with Crippen molar-refractivity contribution in [3.8, 4) is 44.5 Å². The molecule has 0 fully saturated rings. The van der Waals surface area contributed by atoms with Crippen molar-refractivity contribution < 1.29 is 4.42 Å². The number of hydrogen-bond donors (Lipinski definition) is 0. The molecule has 1 heterocycles. The molecule has 0 atom stereocenters. The van der Waals surface area contributed by atoms with E-state index in [1.54, 1.807) is 0 Å². The Morgan fingerprint density at radius 3 is 1.69 bits per heavy atom. The van der Waals surface area contributed by atoms with Crippen molar-refractivity contribution in [2.75, 3.05) is 4.90 Å². The van der Waals surface area contributed by atoms with Crippen molar-refractivity contribution in [2.24, 2.45) is 0 Å². The number of benzene rings is 9. The highest BCUT2D eigenvalue weighted by Gasteiger charge is 2.26. The van der Waals surface area contributed by atoms with Gasteiger partial charge in [-0.05, 0) is 75.0 Å². The van der Waals surface area contributed by atoms with Crippen LogP contribution >= 0.6 is 0 Å². The molecular weight excluding hydrogens is 655 g/mol. The van der Waals surface area contributed by atoms with Gasteiger partial charge >= 0.3 is 0 Å². The van der Waals surface area contributed by atoms with Gasteiger partial charge < -0.3 is 9.32 Å². The molecule has 0 saturated heterocycles. The number of nitrogens with zero attached hydrogens (tertiary/aromatic N) is 1. The van der Waals surface area contributed by atoms with Crippen molar-refractivity contribution in [3.63, 3.8) is 0 Å². The molecule has 0 spiro atoms. The molecule has 0 aliphatic carbocycles.